The van der Waals surface area contributed by atoms with Gasteiger partial charge in [0.1, 0.15) is 5.60 Å². The summed E-state index contributed by atoms with van der Waals surface area (Å²) >= 11 is 0. The van der Waals surface area contributed by atoms with Gasteiger partial charge in [-0.25, -0.2) is 9.31 Å². The van der Waals surface area contributed by atoms with Crippen LogP contribution in [0.25, 0.3) is 16.6 Å². The third-order valence-electron chi connectivity index (χ3n) is 5.13. The lowest BCUT2D eigenvalue weighted by molar-refractivity contribution is 0.0159. The maximum atomic E-state index is 12.5. The summed E-state index contributed by atoms with van der Waals surface area (Å²) in [4.78, 5) is 16.6. The molecular weight excluding hydrogens is 368 g/mol. The summed E-state index contributed by atoms with van der Waals surface area (Å²) < 4.78 is 9.24. The van der Waals surface area contributed by atoms with Crippen LogP contribution in [0.5, 0.6) is 0 Å². The van der Waals surface area contributed by atoms with Gasteiger partial charge in [0.2, 0.25) is 0 Å². The Morgan fingerprint density at radius 2 is 1.90 bits per heavy atom. The lowest BCUT2D eigenvalue weighted by Gasteiger charge is -2.40. The maximum absolute atomic E-state index is 12.5. The second kappa shape index (κ2) is 7.09. The summed E-state index contributed by atoms with van der Waals surface area (Å²) in [5.41, 5.74) is 3.78. The van der Waals surface area contributed by atoms with Crippen molar-refractivity contribution in [3.63, 3.8) is 0 Å². The standard InChI is InChI=1S/C21H28N6O2/c1-15-12-25(8-9-26(15)20(28)29-21(2,3)4)19-11-23-27-14-16(6-7-18(19)27)17-10-22-24(5)13-17/h6-7,10-11,13-15H,8-9,12H2,1-5H3. The van der Waals surface area contributed by atoms with Crippen molar-refractivity contribution >= 4 is 17.3 Å². The largest absolute Gasteiger partial charge is 0.444 e. The topological polar surface area (TPSA) is 67.9 Å². The van der Waals surface area contributed by atoms with Gasteiger partial charge in [-0.15, -0.1) is 0 Å². The van der Waals surface area contributed by atoms with E-state index >= 15 is 0 Å². The molecule has 1 aliphatic rings. The van der Waals surface area contributed by atoms with E-state index in [-0.39, 0.29) is 12.1 Å². The molecule has 0 aliphatic carbocycles. The van der Waals surface area contributed by atoms with Crippen molar-refractivity contribution in [2.45, 2.75) is 39.3 Å². The smallest absolute Gasteiger partial charge is 0.410 e. The highest BCUT2D eigenvalue weighted by molar-refractivity contribution is 5.76. The molecule has 4 heterocycles. The zero-order chi connectivity index (χ0) is 20.8. The van der Waals surface area contributed by atoms with Gasteiger partial charge in [-0.1, -0.05) is 6.07 Å². The lowest BCUT2D eigenvalue weighted by atomic mass is 10.1. The van der Waals surface area contributed by atoms with Crippen molar-refractivity contribution in [2.24, 2.45) is 7.05 Å². The molecule has 1 aliphatic heterocycles. The minimum absolute atomic E-state index is 0.0585. The van der Waals surface area contributed by atoms with Crippen LogP contribution in [0.2, 0.25) is 0 Å². The van der Waals surface area contributed by atoms with Crippen molar-refractivity contribution < 1.29 is 9.53 Å². The van der Waals surface area contributed by atoms with Crippen molar-refractivity contribution in [2.75, 3.05) is 24.5 Å². The number of fused-ring (bicyclic) bond motifs is 1. The van der Waals surface area contributed by atoms with Crippen molar-refractivity contribution in [3.8, 4) is 11.1 Å². The summed E-state index contributed by atoms with van der Waals surface area (Å²) in [5.74, 6) is 0. The predicted molar refractivity (Wildman–Crippen MR) is 112 cm³/mol. The highest BCUT2D eigenvalue weighted by Crippen LogP contribution is 2.27. The normalized spacial score (nSPS) is 17.8. The summed E-state index contributed by atoms with van der Waals surface area (Å²) in [5, 5.41) is 8.80. The molecule has 1 saturated heterocycles. The number of aromatic nitrogens is 4. The third kappa shape index (κ3) is 3.92. The van der Waals surface area contributed by atoms with Gasteiger partial charge in [-0.2, -0.15) is 10.2 Å². The molecule has 1 atom stereocenters. The number of nitrogens with zero attached hydrogens (tertiary/aromatic N) is 6. The third-order valence-corrected chi connectivity index (χ3v) is 5.13. The SMILES string of the molecule is CC1CN(c2cnn3cc(-c4cnn(C)c4)ccc23)CCN1C(=O)OC(C)(C)C. The number of piperazine rings is 1. The van der Waals surface area contributed by atoms with Gasteiger partial charge in [0, 0.05) is 56.2 Å². The van der Waals surface area contributed by atoms with Gasteiger partial charge in [0.05, 0.1) is 23.6 Å². The number of amides is 1. The van der Waals surface area contributed by atoms with E-state index in [2.05, 4.69) is 34.2 Å². The van der Waals surface area contributed by atoms with E-state index in [4.69, 9.17) is 4.74 Å². The number of hydrogen-bond acceptors (Lipinski definition) is 5. The Hall–Kier alpha value is -3.03. The van der Waals surface area contributed by atoms with Crippen LogP contribution in [0.3, 0.4) is 0 Å². The molecular formula is C21H28N6O2. The number of pyridine rings is 1. The Labute approximate surface area is 170 Å². The van der Waals surface area contributed by atoms with Crippen LogP contribution in [0.4, 0.5) is 10.5 Å². The van der Waals surface area contributed by atoms with Crippen LogP contribution < -0.4 is 4.90 Å². The first-order chi connectivity index (χ1) is 13.7. The van der Waals surface area contributed by atoms with Gasteiger partial charge >= 0.3 is 6.09 Å². The average Bonchev–Trinajstić information content (AvgIpc) is 3.25. The molecule has 154 valence electrons. The summed E-state index contributed by atoms with van der Waals surface area (Å²) in [7, 11) is 1.91. The zero-order valence-corrected chi connectivity index (χ0v) is 17.7. The molecule has 0 bridgehead atoms. The van der Waals surface area contributed by atoms with E-state index in [0.29, 0.717) is 6.54 Å². The van der Waals surface area contributed by atoms with Gasteiger partial charge in [0.15, 0.2) is 0 Å². The molecule has 3 aromatic rings. The maximum Gasteiger partial charge on any atom is 0.410 e. The highest BCUT2D eigenvalue weighted by atomic mass is 16.6. The Morgan fingerprint density at radius 1 is 1.10 bits per heavy atom. The predicted octanol–water partition coefficient (Wildman–Crippen LogP) is 3.18. The summed E-state index contributed by atoms with van der Waals surface area (Å²) in [6.07, 6.45) is 7.52. The lowest BCUT2D eigenvalue weighted by Crippen LogP contribution is -2.55. The molecule has 0 spiro atoms. The monoisotopic (exact) mass is 396 g/mol. The van der Waals surface area contributed by atoms with Crippen LogP contribution in [0, 0.1) is 0 Å². The molecule has 1 unspecified atom stereocenters. The number of hydrogen-bond donors (Lipinski definition) is 0. The summed E-state index contributed by atoms with van der Waals surface area (Å²) in [6, 6.07) is 4.25. The first-order valence-corrected chi connectivity index (χ1v) is 9.92. The van der Waals surface area contributed by atoms with Gasteiger partial charge in [-0.3, -0.25) is 4.68 Å². The van der Waals surface area contributed by atoms with Gasteiger partial charge < -0.3 is 14.5 Å². The first-order valence-electron chi connectivity index (χ1n) is 9.92. The fourth-order valence-electron chi connectivity index (χ4n) is 3.72. The average molecular weight is 396 g/mol. The van der Waals surface area contributed by atoms with E-state index in [1.807, 2.05) is 62.0 Å². The Balaban J connectivity index is 1.51. The number of carbonyl (C=O) groups is 1. The fourth-order valence-corrected chi connectivity index (χ4v) is 3.72. The van der Waals surface area contributed by atoms with E-state index < -0.39 is 5.60 Å². The van der Waals surface area contributed by atoms with Crippen molar-refractivity contribution in [1.29, 1.82) is 0 Å². The molecule has 1 amide bonds. The van der Waals surface area contributed by atoms with Gasteiger partial charge in [-0.05, 0) is 33.8 Å². The Bertz CT molecular complexity index is 1030. The minimum atomic E-state index is -0.484. The van der Waals surface area contributed by atoms with Crippen LogP contribution >= 0.6 is 0 Å². The molecule has 0 aromatic carbocycles. The first kappa shape index (κ1) is 19.3. The Morgan fingerprint density at radius 3 is 2.55 bits per heavy atom. The molecule has 0 saturated carbocycles. The number of carbonyl (C=O) groups excluding carboxylic acids is 1. The summed E-state index contributed by atoms with van der Waals surface area (Å²) in [6.45, 7) is 9.85. The number of rotatable bonds is 2. The van der Waals surface area contributed by atoms with Crippen LogP contribution in [-0.2, 0) is 11.8 Å². The second-order valence-corrected chi connectivity index (χ2v) is 8.65. The highest BCUT2D eigenvalue weighted by Gasteiger charge is 2.31. The van der Waals surface area contributed by atoms with E-state index in [1.54, 1.807) is 4.68 Å². The minimum Gasteiger partial charge on any atom is -0.444 e. The quantitative estimate of drug-likeness (QED) is 0.666. The zero-order valence-electron chi connectivity index (χ0n) is 17.7. The van der Waals surface area contributed by atoms with Gasteiger partial charge in [0.25, 0.3) is 0 Å². The molecule has 8 nitrogen and oxygen atoms in total. The van der Waals surface area contributed by atoms with Crippen molar-refractivity contribution in [3.05, 3.63) is 36.9 Å². The van der Waals surface area contributed by atoms with E-state index in [1.165, 1.54) is 0 Å². The molecule has 0 N–H and O–H groups in total. The number of aryl methyl sites for hydroxylation is 1. The molecule has 3 aromatic heterocycles. The Kier molecular flexibility index (Phi) is 4.72. The van der Waals surface area contributed by atoms with Crippen LogP contribution in [0.1, 0.15) is 27.7 Å². The molecule has 1 fully saturated rings. The molecule has 0 radical (unpaired) electrons. The fraction of sp³-hybridized carbons (Fsp3) is 0.476. The molecule has 4 rings (SSSR count). The number of anilines is 1. The second-order valence-electron chi connectivity index (χ2n) is 8.65. The molecule has 29 heavy (non-hydrogen) atoms. The number of ether oxygens (including phenoxy) is 1. The van der Waals surface area contributed by atoms with E-state index in [9.17, 15) is 4.79 Å². The molecule has 8 heteroatoms. The van der Waals surface area contributed by atoms with Crippen molar-refractivity contribution in [1.82, 2.24) is 24.3 Å². The van der Waals surface area contributed by atoms with Crippen LogP contribution in [-0.4, -0.2) is 61.7 Å². The van der Waals surface area contributed by atoms with E-state index in [0.717, 1.165) is 35.4 Å². The van der Waals surface area contributed by atoms with Crippen LogP contribution in [0.15, 0.2) is 36.9 Å².